The number of carbonyl (C=O) groups is 3. The molecule has 3 N–H and O–H groups in total. The van der Waals surface area contributed by atoms with Crippen LogP contribution in [-0.4, -0.2) is 56.9 Å². The number of ether oxygens (including phenoxy) is 3. The molecule has 186 valence electrons. The number of amides is 3. The topological polar surface area (TPSA) is 127 Å². The first-order valence-electron chi connectivity index (χ1n) is 11.0. The SMILES string of the molecule is COc1cc(/C=N\NC(=O)C(=O)NC[C@H]2CCCO2)ccc1OCC(=O)Nc1cc(Cl)ccc1C. The van der Waals surface area contributed by atoms with Gasteiger partial charge in [0.05, 0.1) is 19.4 Å². The molecule has 0 aliphatic carbocycles. The van der Waals surface area contributed by atoms with Gasteiger partial charge in [-0.3, -0.25) is 14.4 Å². The Balaban J connectivity index is 1.49. The number of nitrogens with one attached hydrogen (secondary N) is 3. The number of nitrogens with zero attached hydrogens (tertiary/aromatic N) is 1. The third-order valence-corrected chi connectivity index (χ3v) is 5.36. The molecule has 0 saturated carbocycles. The molecular weight excluding hydrogens is 476 g/mol. The van der Waals surface area contributed by atoms with Crippen molar-refractivity contribution in [2.75, 3.05) is 32.2 Å². The first-order chi connectivity index (χ1) is 16.9. The van der Waals surface area contributed by atoms with Gasteiger partial charge in [0.15, 0.2) is 18.1 Å². The van der Waals surface area contributed by atoms with Gasteiger partial charge in [0.2, 0.25) is 0 Å². The van der Waals surface area contributed by atoms with Crippen LogP contribution in [0.15, 0.2) is 41.5 Å². The highest BCUT2D eigenvalue weighted by Gasteiger charge is 2.19. The lowest BCUT2D eigenvalue weighted by atomic mass is 10.2. The summed E-state index contributed by atoms with van der Waals surface area (Å²) in [5, 5.41) is 9.58. The Hall–Kier alpha value is -3.63. The van der Waals surface area contributed by atoms with Crippen LogP contribution in [-0.2, 0) is 19.1 Å². The lowest BCUT2D eigenvalue weighted by Gasteiger charge is -2.12. The van der Waals surface area contributed by atoms with Crippen molar-refractivity contribution in [3.63, 3.8) is 0 Å². The van der Waals surface area contributed by atoms with Gasteiger partial charge in [-0.15, -0.1) is 0 Å². The summed E-state index contributed by atoms with van der Waals surface area (Å²) in [5.41, 5.74) is 4.23. The zero-order valence-electron chi connectivity index (χ0n) is 19.4. The molecule has 1 saturated heterocycles. The highest BCUT2D eigenvalue weighted by Crippen LogP contribution is 2.27. The maximum Gasteiger partial charge on any atom is 0.329 e. The molecule has 0 aromatic heterocycles. The molecule has 0 unspecified atom stereocenters. The lowest BCUT2D eigenvalue weighted by Crippen LogP contribution is -2.41. The van der Waals surface area contributed by atoms with Crippen molar-refractivity contribution in [1.29, 1.82) is 0 Å². The first kappa shape index (κ1) is 26.0. The van der Waals surface area contributed by atoms with E-state index >= 15 is 0 Å². The molecule has 1 fully saturated rings. The van der Waals surface area contributed by atoms with Crippen LogP contribution in [0.3, 0.4) is 0 Å². The molecule has 35 heavy (non-hydrogen) atoms. The van der Waals surface area contributed by atoms with Crippen molar-refractivity contribution < 1.29 is 28.6 Å². The second-order valence-corrected chi connectivity index (χ2v) is 8.19. The van der Waals surface area contributed by atoms with E-state index in [1.165, 1.54) is 13.3 Å². The fourth-order valence-electron chi connectivity index (χ4n) is 3.25. The number of aryl methyl sites for hydroxylation is 1. The fraction of sp³-hybridized carbons (Fsp3) is 0.333. The van der Waals surface area contributed by atoms with E-state index in [0.29, 0.717) is 34.4 Å². The predicted molar refractivity (Wildman–Crippen MR) is 131 cm³/mol. The molecule has 0 bridgehead atoms. The Kier molecular flexibility index (Phi) is 9.45. The molecule has 1 aliphatic rings. The monoisotopic (exact) mass is 502 g/mol. The normalized spacial score (nSPS) is 15.0. The standard InChI is InChI=1S/C24H27ClN4O6/c1-15-5-7-17(25)11-19(15)28-22(30)14-35-20-8-6-16(10-21(20)33-2)12-27-29-24(32)23(31)26-13-18-4-3-9-34-18/h5-8,10-12,18H,3-4,9,13-14H2,1-2H3,(H,26,31)(H,28,30)(H,29,32)/b27-12-/t18-/m1/s1. The molecule has 0 radical (unpaired) electrons. The van der Waals surface area contributed by atoms with Gasteiger partial charge in [-0.1, -0.05) is 17.7 Å². The smallest absolute Gasteiger partial charge is 0.329 e. The van der Waals surface area contributed by atoms with Crippen LogP contribution in [0.4, 0.5) is 5.69 Å². The summed E-state index contributed by atoms with van der Waals surface area (Å²) < 4.78 is 16.3. The summed E-state index contributed by atoms with van der Waals surface area (Å²) in [6.07, 6.45) is 3.09. The average molecular weight is 503 g/mol. The van der Waals surface area contributed by atoms with Crippen LogP contribution in [0.1, 0.15) is 24.0 Å². The van der Waals surface area contributed by atoms with Crippen LogP contribution >= 0.6 is 11.6 Å². The Labute approximate surface area is 208 Å². The molecule has 1 heterocycles. The van der Waals surface area contributed by atoms with Crippen LogP contribution in [0.2, 0.25) is 5.02 Å². The number of hydrazone groups is 1. The number of hydrogen-bond acceptors (Lipinski definition) is 7. The van der Waals surface area contributed by atoms with Crippen molar-refractivity contribution in [1.82, 2.24) is 10.7 Å². The second-order valence-electron chi connectivity index (χ2n) is 7.75. The van der Waals surface area contributed by atoms with Gasteiger partial charge in [-0.25, -0.2) is 5.43 Å². The van der Waals surface area contributed by atoms with Crippen LogP contribution in [0, 0.1) is 6.92 Å². The third kappa shape index (κ3) is 7.97. The van der Waals surface area contributed by atoms with Crippen molar-refractivity contribution >= 4 is 41.2 Å². The maximum atomic E-state index is 12.3. The Morgan fingerprint density at radius 2 is 2.00 bits per heavy atom. The van der Waals surface area contributed by atoms with Crippen LogP contribution in [0.25, 0.3) is 0 Å². The van der Waals surface area contributed by atoms with Gasteiger partial charge in [0.25, 0.3) is 5.91 Å². The number of rotatable bonds is 9. The van der Waals surface area contributed by atoms with E-state index in [2.05, 4.69) is 21.2 Å². The highest BCUT2D eigenvalue weighted by molar-refractivity contribution is 6.35. The Morgan fingerprint density at radius 3 is 2.74 bits per heavy atom. The molecule has 3 rings (SSSR count). The quantitative estimate of drug-likeness (QED) is 0.274. The van der Waals surface area contributed by atoms with Gasteiger partial charge >= 0.3 is 11.8 Å². The lowest BCUT2D eigenvalue weighted by molar-refractivity contribution is -0.139. The number of anilines is 1. The summed E-state index contributed by atoms with van der Waals surface area (Å²) in [5.74, 6) is -1.32. The third-order valence-electron chi connectivity index (χ3n) is 5.12. The van der Waals surface area contributed by atoms with Crippen molar-refractivity contribution in [3.05, 3.63) is 52.5 Å². The van der Waals surface area contributed by atoms with Crippen molar-refractivity contribution in [2.24, 2.45) is 5.10 Å². The van der Waals surface area contributed by atoms with Crippen molar-refractivity contribution in [3.8, 4) is 11.5 Å². The maximum absolute atomic E-state index is 12.3. The van der Waals surface area contributed by atoms with E-state index < -0.39 is 11.8 Å². The van der Waals surface area contributed by atoms with Gasteiger partial charge < -0.3 is 24.8 Å². The number of hydrogen-bond donors (Lipinski definition) is 3. The number of carbonyl (C=O) groups excluding carboxylic acids is 3. The first-order valence-corrected chi connectivity index (χ1v) is 11.3. The van der Waals surface area contributed by atoms with Crippen molar-refractivity contribution in [2.45, 2.75) is 25.9 Å². The van der Waals surface area contributed by atoms with E-state index in [-0.39, 0.29) is 25.2 Å². The molecule has 11 heteroatoms. The van der Waals surface area contributed by atoms with Gasteiger partial charge in [-0.2, -0.15) is 5.10 Å². The highest BCUT2D eigenvalue weighted by atomic mass is 35.5. The molecular formula is C24H27ClN4O6. The van der Waals surface area contributed by atoms with E-state index in [1.54, 1.807) is 30.3 Å². The second kappa shape index (κ2) is 12.7. The van der Waals surface area contributed by atoms with E-state index in [9.17, 15) is 14.4 Å². The molecule has 1 aliphatic heterocycles. The summed E-state index contributed by atoms with van der Waals surface area (Å²) in [4.78, 5) is 36.0. The average Bonchev–Trinajstić information content (AvgIpc) is 3.37. The molecule has 2 aromatic carbocycles. The molecule has 3 amide bonds. The summed E-state index contributed by atoms with van der Waals surface area (Å²) >= 11 is 5.98. The van der Waals surface area contributed by atoms with E-state index in [0.717, 1.165) is 18.4 Å². The fourth-order valence-corrected chi connectivity index (χ4v) is 3.42. The zero-order chi connectivity index (χ0) is 25.2. The number of methoxy groups -OCH3 is 1. The molecule has 2 aromatic rings. The number of halogens is 1. The minimum Gasteiger partial charge on any atom is -0.493 e. The van der Waals surface area contributed by atoms with Gasteiger partial charge in [0, 0.05) is 23.9 Å². The van der Waals surface area contributed by atoms with Gasteiger partial charge in [-0.05, 0) is 61.2 Å². The predicted octanol–water partition coefficient (Wildman–Crippen LogP) is 2.42. The van der Waals surface area contributed by atoms with Crippen LogP contribution in [0.5, 0.6) is 11.5 Å². The minimum atomic E-state index is -0.882. The molecule has 10 nitrogen and oxygen atoms in total. The summed E-state index contributed by atoms with van der Waals surface area (Å²) in [6, 6.07) is 10.1. The van der Waals surface area contributed by atoms with Gasteiger partial charge in [0.1, 0.15) is 0 Å². The van der Waals surface area contributed by atoms with Crippen LogP contribution < -0.4 is 25.5 Å². The van der Waals surface area contributed by atoms with E-state index in [4.69, 9.17) is 25.8 Å². The molecule has 0 spiro atoms. The largest absolute Gasteiger partial charge is 0.493 e. The zero-order valence-corrected chi connectivity index (χ0v) is 20.2. The summed E-state index contributed by atoms with van der Waals surface area (Å²) in [6.45, 7) is 2.56. The number of benzene rings is 2. The summed E-state index contributed by atoms with van der Waals surface area (Å²) in [7, 11) is 1.46. The minimum absolute atomic E-state index is 0.0597. The molecule has 1 atom stereocenters. The Bertz CT molecular complexity index is 1100. The Morgan fingerprint density at radius 1 is 1.17 bits per heavy atom. The van der Waals surface area contributed by atoms with E-state index in [1.807, 2.05) is 13.0 Å².